The predicted octanol–water partition coefficient (Wildman–Crippen LogP) is 1.92. The van der Waals surface area contributed by atoms with Gasteiger partial charge in [-0.2, -0.15) is 5.10 Å². The van der Waals surface area contributed by atoms with Gasteiger partial charge in [0.05, 0.1) is 16.8 Å². The van der Waals surface area contributed by atoms with E-state index in [2.05, 4.69) is 28.2 Å². The number of aryl methyl sites for hydroxylation is 1. The Balaban J connectivity index is 1.79. The summed E-state index contributed by atoms with van der Waals surface area (Å²) in [4.78, 5) is 2.38. The van der Waals surface area contributed by atoms with Gasteiger partial charge in [-0.1, -0.05) is 18.2 Å². The smallest absolute Gasteiger partial charge is 0.0843 e. The van der Waals surface area contributed by atoms with E-state index in [1.54, 1.807) is 0 Å². The highest BCUT2D eigenvalue weighted by Gasteiger charge is 2.27. The number of benzene rings is 1. The van der Waals surface area contributed by atoms with E-state index in [1.807, 2.05) is 24.7 Å². The molecule has 0 radical (unpaired) electrons. The van der Waals surface area contributed by atoms with Gasteiger partial charge in [-0.25, -0.2) is 0 Å². The number of hydrogen-bond acceptors (Lipinski definition) is 3. The van der Waals surface area contributed by atoms with Gasteiger partial charge < -0.3 is 5.11 Å². The van der Waals surface area contributed by atoms with Crippen molar-refractivity contribution < 1.29 is 5.11 Å². The zero-order chi connectivity index (χ0) is 13.5. The quantitative estimate of drug-likeness (QED) is 0.896. The molecule has 4 nitrogen and oxygen atoms in total. The lowest BCUT2D eigenvalue weighted by Crippen LogP contribution is -2.42. The topological polar surface area (TPSA) is 41.3 Å². The number of rotatable bonds is 2. The Morgan fingerprint density at radius 3 is 2.68 bits per heavy atom. The minimum Gasteiger partial charge on any atom is -0.390 e. The summed E-state index contributed by atoms with van der Waals surface area (Å²) in [7, 11) is 1.99. The van der Waals surface area contributed by atoms with E-state index in [0.29, 0.717) is 0 Å². The summed E-state index contributed by atoms with van der Waals surface area (Å²) in [5, 5.41) is 15.9. The van der Waals surface area contributed by atoms with Gasteiger partial charge in [-0.05, 0) is 25.8 Å². The summed E-state index contributed by atoms with van der Waals surface area (Å²) in [6.45, 7) is 4.69. The molecule has 1 aromatic heterocycles. The fourth-order valence-electron chi connectivity index (χ4n) is 2.81. The van der Waals surface area contributed by atoms with Gasteiger partial charge in [0.15, 0.2) is 0 Å². The maximum atomic E-state index is 9.99. The molecule has 0 unspecified atom stereocenters. The second kappa shape index (κ2) is 4.62. The molecule has 4 heteroatoms. The molecule has 19 heavy (non-hydrogen) atoms. The van der Waals surface area contributed by atoms with Crippen LogP contribution < -0.4 is 0 Å². The summed E-state index contributed by atoms with van der Waals surface area (Å²) in [5.74, 6) is 0. The summed E-state index contributed by atoms with van der Waals surface area (Å²) >= 11 is 0. The van der Waals surface area contributed by atoms with E-state index in [0.717, 1.165) is 38.2 Å². The van der Waals surface area contributed by atoms with E-state index in [-0.39, 0.29) is 0 Å². The average molecular weight is 259 g/mol. The fraction of sp³-hybridized carbons (Fsp3) is 0.533. The molecule has 1 aromatic carbocycles. The summed E-state index contributed by atoms with van der Waals surface area (Å²) in [6.07, 6.45) is 1.69. The average Bonchev–Trinajstić information content (AvgIpc) is 2.70. The van der Waals surface area contributed by atoms with Crippen LogP contribution >= 0.6 is 0 Å². The van der Waals surface area contributed by atoms with Gasteiger partial charge in [-0.3, -0.25) is 9.58 Å². The molecule has 2 heterocycles. The third-order valence-corrected chi connectivity index (χ3v) is 4.14. The second-order valence-corrected chi connectivity index (χ2v) is 5.86. The largest absolute Gasteiger partial charge is 0.390 e. The fourth-order valence-corrected chi connectivity index (χ4v) is 2.81. The molecule has 3 rings (SSSR count). The molecular formula is C15H21N3O. The Kier molecular flexibility index (Phi) is 3.07. The van der Waals surface area contributed by atoms with Crippen molar-refractivity contribution in [3.8, 4) is 0 Å². The van der Waals surface area contributed by atoms with Crippen LogP contribution in [0.25, 0.3) is 10.9 Å². The molecule has 0 saturated carbocycles. The molecule has 1 fully saturated rings. The highest BCUT2D eigenvalue weighted by molar-refractivity contribution is 5.81. The number of para-hydroxylation sites is 1. The summed E-state index contributed by atoms with van der Waals surface area (Å²) in [5.41, 5.74) is 1.84. The maximum absolute atomic E-state index is 9.99. The van der Waals surface area contributed by atoms with Crippen LogP contribution in [0.2, 0.25) is 0 Å². The SMILES string of the molecule is Cn1nc(CN2CCC(C)(O)CC2)c2ccccc21. The van der Waals surface area contributed by atoms with Gasteiger partial charge in [0.1, 0.15) is 0 Å². The number of aromatic nitrogens is 2. The van der Waals surface area contributed by atoms with E-state index in [4.69, 9.17) is 0 Å². The third kappa shape index (κ3) is 2.51. The highest BCUT2D eigenvalue weighted by atomic mass is 16.3. The molecule has 0 aliphatic carbocycles. The van der Waals surface area contributed by atoms with Crippen molar-refractivity contribution in [3.05, 3.63) is 30.0 Å². The van der Waals surface area contributed by atoms with Crippen LogP contribution in [0.4, 0.5) is 0 Å². The van der Waals surface area contributed by atoms with Crippen LogP contribution in [-0.2, 0) is 13.6 Å². The molecule has 0 bridgehead atoms. The Morgan fingerprint density at radius 1 is 1.26 bits per heavy atom. The first-order valence-electron chi connectivity index (χ1n) is 6.90. The second-order valence-electron chi connectivity index (χ2n) is 5.86. The number of likely N-dealkylation sites (tertiary alicyclic amines) is 1. The highest BCUT2D eigenvalue weighted by Crippen LogP contribution is 2.24. The molecule has 0 atom stereocenters. The molecule has 1 N–H and O–H groups in total. The minimum absolute atomic E-state index is 0.483. The molecule has 1 aliphatic rings. The summed E-state index contributed by atoms with van der Waals surface area (Å²) in [6, 6.07) is 8.35. The molecule has 102 valence electrons. The van der Waals surface area contributed by atoms with Gasteiger partial charge >= 0.3 is 0 Å². The Bertz CT molecular complexity index is 578. The van der Waals surface area contributed by atoms with Crippen molar-refractivity contribution in [1.29, 1.82) is 0 Å². The Hall–Kier alpha value is -1.39. The lowest BCUT2D eigenvalue weighted by molar-refractivity contribution is -0.00751. The molecule has 0 amide bonds. The molecular weight excluding hydrogens is 238 g/mol. The standard InChI is InChI=1S/C15H21N3O/c1-15(19)7-9-18(10-8-15)11-13-12-5-3-4-6-14(12)17(2)16-13/h3-6,19H,7-11H2,1-2H3. The van der Waals surface area contributed by atoms with Gasteiger partial charge in [-0.15, -0.1) is 0 Å². The van der Waals surface area contributed by atoms with Crippen molar-refractivity contribution in [2.75, 3.05) is 13.1 Å². The van der Waals surface area contributed by atoms with Crippen molar-refractivity contribution in [1.82, 2.24) is 14.7 Å². The third-order valence-electron chi connectivity index (χ3n) is 4.14. The first-order chi connectivity index (χ1) is 9.05. The first kappa shape index (κ1) is 12.6. The number of piperidine rings is 1. The lowest BCUT2D eigenvalue weighted by atomic mass is 9.94. The maximum Gasteiger partial charge on any atom is 0.0843 e. The van der Waals surface area contributed by atoms with E-state index < -0.39 is 5.60 Å². The molecule has 1 aliphatic heterocycles. The van der Waals surface area contributed by atoms with Crippen LogP contribution in [0, 0.1) is 0 Å². The van der Waals surface area contributed by atoms with Gasteiger partial charge in [0, 0.05) is 32.1 Å². The lowest BCUT2D eigenvalue weighted by Gasteiger charge is -2.35. The number of nitrogens with zero attached hydrogens (tertiary/aromatic N) is 3. The van der Waals surface area contributed by atoms with Crippen LogP contribution in [0.15, 0.2) is 24.3 Å². The summed E-state index contributed by atoms with van der Waals surface area (Å²) < 4.78 is 1.95. The van der Waals surface area contributed by atoms with Crippen LogP contribution in [-0.4, -0.2) is 38.5 Å². The molecule has 2 aromatic rings. The Morgan fingerprint density at radius 2 is 1.95 bits per heavy atom. The predicted molar refractivity (Wildman–Crippen MR) is 75.8 cm³/mol. The van der Waals surface area contributed by atoms with E-state index in [1.165, 1.54) is 10.9 Å². The van der Waals surface area contributed by atoms with Crippen LogP contribution in [0.3, 0.4) is 0 Å². The minimum atomic E-state index is -0.483. The normalized spacial score (nSPS) is 19.9. The van der Waals surface area contributed by atoms with Crippen LogP contribution in [0.1, 0.15) is 25.5 Å². The number of hydrogen-bond donors (Lipinski definition) is 1. The molecule has 0 spiro atoms. The van der Waals surface area contributed by atoms with Crippen molar-refractivity contribution in [2.45, 2.75) is 31.9 Å². The number of fused-ring (bicyclic) bond motifs is 1. The number of aliphatic hydroxyl groups is 1. The first-order valence-corrected chi connectivity index (χ1v) is 6.90. The molecule has 1 saturated heterocycles. The van der Waals surface area contributed by atoms with Crippen molar-refractivity contribution in [2.24, 2.45) is 7.05 Å². The zero-order valence-corrected chi connectivity index (χ0v) is 11.6. The van der Waals surface area contributed by atoms with Crippen molar-refractivity contribution >= 4 is 10.9 Å². The van der Waals surface area contributed by atoms with Gasteiger partial charge in [0.25, 0.3) is 0 Å². The monoisotopic (exact) mass is 259 g/mol. The Labute approximate surface area is 113 Å². The van der Waals surface area contributed by atoms with Crippen LogP contribution in [0.5, 0.6) is 0 Å². The zero-order valence-electron chi connectivity index (χ0n) is 11.6. The van der Waals surface area contributed by atoms with Gasteiger partial charge in [0.2, 0.25) is 0 Å². The van der Waals surface area contributed by atoms with E-state index in [9.17, 15) is 5.11 Å². The van der Waals surface area contributed by atoms with E-state index >= 15 is 0 Å². The van der Waals surface area contributed by atoms with Crippen molar-refractivity contribution in [3.63, 3.8) is 0 Å².